The minimum atomic E-state index is -0.285. The van der Waals surface area contributed by atoms with Crippen LogP contribution >= 0.6 is 0 Å². The highest BCUT2D eigenvalue weighted by Gasteiger charge is 2.28. The van der Waals surface area contributed by atoms with Crippen LogP contribution in [0.4, 0.5) is 0 Å². The van der Waals surface area contributed by atoms with Crippen LogP contribution < -0.4 is 15.8 Å². The van der Waals surface area contributed by atoms with Gasteiger partial charge in [0, 0.05) is 36.4 Å². The van der Waals surface area contributed by atoms with Crippen molar-refractivity contribution in [2.45, 2.75) is 31.6 Å². The maximum Gasteiger partial charge on any atom is 0.255 e. The van der Waals surface area contributed by atoms with Gasteiger partial charge >= 0.3 is 0 Å². The molecule has 0 radical (unpaired) electrons. The van der Waals surface area contributed by atoms with E-state index in [1.165, 1.54) is 6.26 Å². The highest BCUT2D eigenvalue weighted by Crippen LogP contribution is 2.36. The first-order chi connectivity index (χ1) is 13.0. The number of ketones is 1. The molecular formula is C20H21N3O4. The summed E-state index contributed by atoms with van der Waals surface area (Å²) in [6, 6.07) is 5.47. The molecule has 0 spiro atoms. The molecule has 1 atom stereocenters. The number of amides is 1. The van der Waals surface area contributed by atoms with Crippen molar-refractivity contribution in [1.29, 1.82) is 5.41 Å². The normalized spacial score (nSPS) is 17.8. The quantitative estimate of drug-likeness (QED) is 0.554. The number of fused-ring (bicyclic) bond motifs is 2. The smallest absolute Gasteiger partial charge is 0.255 e. The Hall–Kier alpha value is -3.09. The molecule has 0 saturated carbocycles. The van der Waals surface area contributed by atoms with Gasteiger partial charge in [-0.25, -0.2) is 0 Å². The van der Waals surface area contributed by atoms with Crippen molar-refractivity contribution < 1.29 is 18.7 Å². The number of hydrogen-bond acceptors (Lipinski definition) is 5. The third-order valence-electron chi connectivity index (χ3n) is 5.18. The minimum absolute atomic E-state index is 0.0196. The summed E-state index contributed by atoms with van der Waals surface area (Å²) in [4.78, 5) is 24.6. The molecule has 1 aliphatic heterocycles. The lowest BCUT2D eigenvalue weighted by Gasteiger charge is -2.12. The molecule has 1 amide bonds. The fraction of sp³-hybridized carbons (Fsp3) is 0.350. The minimum Gasteiger partial charge on any atom is -0.493 e. The second-order valence-corrected chi connectivity index (χ2v) is 6.94. The number of nitrogens with two attached hydrogens (primary N) is 1. The van der Waals surface area contributed by atoms with Gasteiger partial charge in [-0.2, -0.15) is 0 Å². The van der Waals surface area contributed by atoms with Gasteiger partial charge in [-0.1, -0.05) is 0 Å². The summed E-state index contributed by atoms with van der Waals surface area (Å²) in [6.45, 7) is 0.983. The van der Waals surface area contributed by atoms with E-state index in [0.29, 0.717) is 54.9 Å². The summed E-state index contributed by atoms with van der Waals surface area (Å²) < 4.78 is 11.1. The molecule has 0 saturated heterocycles. The number of rotatable bonds is 5. The zero-order valence-corrected chi connectivity index (χ0v) is 14.8. The van der Waals surface area contributed by atoms with Gasteiger partial charge < -0.3 is 20.2 Å². The van der Waals surface area contributed by atoms with Crippen molar-refractivity contribution in [3.8, 4) is 5.75 Å². The van der Waals surface area contributed by atoms with E-state index < -0.39 is 0 Å². The first kappa shape index (κ1) is 17.3. The van der Waals surface area contributed by atoms with Crippen LogP contribution in [0.5, 0.6) is 5.75 Å². The third-order valence-corrected chi connectivity index (χ3v) is 5.18. The highest BCUT2D eigenvalue weighted by atomic mass is 16.5. The molecule has 1 aromatic heterocycles. The third kappa shape index (κ3) is 3.20. The molecule has 4 N–H and O–H groups in total. The number of carbonyl (C=O) groups is 2. The Kier molecular flexibility index (Phi) is 4.43. The van der Waals surface area contributed by atoms with Crippen molar-refractivity contribution in [3.63, 3.8) is 0 Å². The predicted molar refractivity (Wildman–Crippen MR) is 98.6 cm³/mol. The Morgan fingerprint density at radius 2 is 2.19 bits per heavy atom. The molecule has 1 aromatic carbocycles. The topological polar surface area (TPSA) is 118 Å². The van der Waals surface area contributed by atoms with Crippen LogP contribution in [0.15, 0.2) is 28.9 Å². The van der Waals surface area contributed by atoms with Crippen LogP contribution in [0.1, 0.15) is 62.8 Å². The molecule has 2 aliphatic rings. The van der Waals surface area contributed by atoms with Gasteiger partial charge in [0.05, 0.1) is 17.7 Å². The fourth-order valence-electron chi connectivity index (χ4n) is 3.73. The SMILES string of the molecule is N=C(N)c1ccc2c(c1)C(CCNC(=O)c1coc3c1C(=O)CCC3)CO2. The largest absolute Gasteiger partial charge is 0.493 e. The second-order valence-electron chi connectivity index (χ2n) is 6.94. The summed E-state index contributed by atoms with van der Waals surface area (Å²) in [5.74, 6) is 1.25. The van der Waals surface area contributed by atoms with E-state index in [4.69, 9.17) is 20.3 Å². The number of nitrogens with one attached hydrogen (secondary N) is 2. The van der Waals surface area contributed by atoms with Crippen LogP contribution in [0.25, 0.3) is 0 Å². The monoisotopic (exact) mass is 367 g/mol. The number of amidine groups is 1. The molecule has 0 bridgehead atoms. The number of benzene rings is 1. The molecule has 4 rings (SSSR count). The molecule has 2 aromatic rings. The maximum absolute atomic E-state index is 12.5. The number of hydrogen-bond donors (Lipinski definition) is 3. The Morgan fingerprint density at radius 3 is 3.00 bits per heavy atom. The van der Waals surface area contributed by atoms with Gasteiger partial charge in [0.25, 0.3) is 5.91 Å². The predicted octanol–water partition coefficient (Wildman–Crippen LogP) is 2.38. The Morgan fingerprint density at radius 1 is 1.33 bits per heavy atom. The first-order valence-corrected chi connectivity index (χ1v) is 9.07. The van der Waals surface area contributed by atoms with Crippen molar-refractivity contribution in [3.05, 3.63) is 52.5 Å². The van der Waals surface area contributed by atoms with E-state index in [9.17, 15) is 9.59 Å². The van der Waals surface area contributed by atoms with Crippen LogP contribution in [0.3, 0.4) is 0 Å². The van der Waals surface area contributed by atoms with Gasteiger partial charge in [-0.15, -0.1) is 0 Å². The second kappa shape index (κ2) is 6.90. The van der Waals surface area contributed by atoms with Gasteiger partial charge in [0.15, 0.2) is 5.78 Å². The lowest BCUT2D eigenvalue weighted by molar-refractivity contribution is 0.0927. The average molecular weight is 367 g/mol. The van der Waals surface area contributed by atoms with Crippen molar-refractivity contribution in [2.75, 3.05) is 13.2 Å². The summed E-state index contributed by atoms with van der Waals surface area (Å²) in [7, 11) is 0. The summed E-state index contributed by atoms with van der Waals surface area (Å²) in [5, 5.41) is 10.5. The molecule has 2 heterocycles. The maximum atomic E-state index is 12.5. The zero-order valence-electron chi connectivity index (χ0n) is 14.8. The number of Topliss-reactive ketones (excluding diaryl/α,β-unsaturated/α-hetero) is 1. The van der Waals surface area contributed by atoms with E-state index in [1.807, 2.05) is 12.1 Å². The van der Waals surface area contributed by atoms with Crippen LogP contribution in [-0.2, 0) is 6.42 Å². The highest BCUT2D eigenvalue weighted by molar-refractivity contribution is 6.09. The van der Waals surface area contributed by atoms with Crippen LogP contribution in [-0.4, -0.2) is 30.7 Å². The van der Waals surface area contributed by atoms with E-state index in [1.54, 1.807) is 6.07 Å². The van der Waals surface area contributed by atoms with Crippen LogP contribution in [0, 0.1) is 5.41 Å². The van der Waals surface area contributed by atoms with E-state index in [2.05, 4.69) is 5.32 Å². The van der Waals surface area contributed by atoms with E-state index in [0.717, 1.165) is 17.7 Å². The number of ether oxygens (including phenoxy) is 1. The molecule has 140 valence electrons. The molecule has 1 aliphatic carbocycles. The van der Waals surface area contributed by atoms with Gasteiger partial charge in [0.1, 0.15) is 23.6 Å². The number of nitrogen functional groups attached to an aromatic ring is 1. The lowest BCUT2D eigenvalue weighted by atomic mass is 9.93. The Balaban J connectivity index is 1.40. The molecule has 27 heavy (non-hydrogen) atoms. The van der Waals surface area contributed by atoms with E-state index >= 15 is 0 Å². The molecule has 0 fully saturated rings. The van der Waals surface area contributed by atoms with Crippen LogP contribution in [0.2, 0.25) is 0 Å². The summed E-state index contributed by atoms with van der Waals surface area (Å²) >= 11 is 0. The molecule has 1 unspecified atom stereocenters. The standard InChI is InChI=1S/C20H21N3O4/c21-19(22)11-4-5-16-13(8-11)12(9-26-16)6-7-23-20(25)14-10-27-17-3-1-2-15(24)18(14)17/h4-5,8,10,12H,1-3,6-7,9H2,(H3,21,22)(H,23,25). The van der Waals surface area contributed by atoms with Crippen molar-refractivity contribution >= 4 is 17.5 Å². The Bertz CT molecular complexity index is 931. The number of carbonyl (C=O) groups excluding carboxylic acids is 2. The van der Waals surface area contributed by atoms with E-state index in [-0.39, 0.29) is 23.4 Å². The average Bonchev–Trinajstić information content (AvgIpc) is 3.26. The van der Waals surface area contributed by atoms with Gasteiger partial charge in [0.2, 0.25) is 0 Å². The van der Waals surface area contributed by atoms with Crippen molar-refractivity contribution in [1.82, 2.24) is 5.32 Å². The zero-order chi connectivity index (χ0) is 19.0. The summed E-state index contributed by atoms with van der Waals surface area (Å²) in [6.07, 6.45) is 4.00. The summed E-state index contributed by atoms with van der Waals surface area (Å²) in [5.41, 5.74) is 8.01. The fourth-order valence-corrected chi connectivity index (χ4v) is 3.73. The van der Waals surface area contributed by atoms with Crippen molar-refractivity contribution in [2.24, 2.45) is 5.73 Å². The van der Waals surface area contributed by atoms with Gasteiger partial charge in [-0.05, 0) is 31.0 Å². The molecular weight excluding hydrogens is 346 g/mol. The molecule has 7 heteroatoms. The number of aryl methyl sites for hydroxylation is 1. The first-order valence-electron chi connectivity index (χ1n) is 9.07. The molecule has 7 nitrogen and oxygen atoms in total. The Labute approximate surface area is 156 Å². The number of furan rings is 1. The van der Waals surface area contributed by atoms with Gasteiger partial charge in [-0.3, -0.25) is 15.0 Å². The lowest BCUT2D eigenvalue weighted by Crippen LogP contribution is -2.27.